The van der Waals surface area contributed by atoms with E-state index in [1.54, 1.807) is 37.1 Å². The Morgan fingerprint density at radius 3 is 2.47 bits per heavy atom. The van der Waals surface area contributed by atoms with Gasteiger partial charge in [0.05, 0.1) is 17.5 Å². The van der Waals surface area contributed by atoms with Crippen LogP contribution >= 0.6 is 0 Å². The first-order chi connectivity index (χ1) is 17.2. The lowest BCUT2D eigenvalue weighted by atomic mass is 9.82. The number of carbonyl (C=O) groups is 2. The Hall–Kier alpha value is -3.13. The molecule has 0 unspecified atom stereocenters. The molecular formula is C28H38N4O4. The number of amides is 1. The second-order valence-electron chi connectivity index (χ2n) is 10.6. The third kappa shape index (κ3) is 5.81. The number of likely N-dealkylation sites (tertiary alicyclic amines) is 1. The summed E-state index contributed by atoms with van der Waals surface area (Å²) in [5.74, 6) is 0.0737. The molecule has 0 atom stereocenters. The van der Waals surface area contributed by atoms with Gasteiger partial charge in [0.25, 0.3) is 5.91 Å². The van der Waals surface area contributed by atoms with E-state index < -0.39 is 11.4 Å². The lowest BCUT2D eigenvalue weighted by Gasteiger charge is -2.29. The number of aryl methyl sites for hydroxylation is 1. The van der Waals surface area contributed by atoms with Crippen LogP contribution in [0, 0.1) is 6.92 Å². The Labute approximate surface area is 213 Å². The molecule has 1 fully saturated rings. The first kappa shape index (κ1) is 25.9. The Kier molecular flexibility index (Phi) is 7.83. The Bertz CT molecular complexity index is 1110. The van der Waals surface area contributed by atoms with Crippen molar-refractivity contribution in [3.05, 3.63) is 53.0 Å². The number of piperidine rings is 1. The van der Waals surface area contributed by atoms with Crippen LogP contribution in [0.4, 0.5) is 0 Å². The number of benzene rings is 1. The maximum absolute atomic E-state index is 13.6. The summed E-state index contributed by atoms with van der Waals surface area (Å²) in [6.07, 6.45) is 5.15. The normalized spacial score (nSPS) is 17.8. The fourth-order valence-corrected chi connectivity index (χ4v) is 5.12. The molecule has 2 aliphatic heterocycles. The first-order valence-corrected chi connectivity index (χ1v) is 12.9. The molecule has 0 aliphatic carbocycles. The maximum atomic E-state index is 13.6. The molecule has 0 bridgehead atoms. The van der Waals surface area contributed by atoms with Crippen molar-refractivity contribution < 1.29 is 19.1 Å². The van der Waals surface area contributed by atoms with Crippen LogP contribution in [0.25, 0.3) is 5.57 Å². The predicted octanol–water partition coefficient (Wildman–Crippen LogP) is 4.31. The topological polar surface area (TPSA) is 87.8 Å². The van der Waals surface area contributed by atoms with Crippen molar-refractivity contribution in [2.24, 2.45) is 0 Å². The van der Waals surface area contributed by atoms with E-state index in [2.05, 4.69) is 28.9 Å². The van der Waals surface area contributed by atoms with Crippen molar-refractivity contribution in [2.75, 3.05) is 32.8 Å². The fraction of sp³-hybridized carbons (Fsp3) is 0.536. The van der Waals surface area contributed by atoms with Crippen LogP contribution in [-0.4, -0.2) is 70.8 Å². The monoisotopic (exact) mass is 494 g/mol. The minimum atomic E-state index is -0.483. The van der Waals surface area contributed by atoms with Gasteiger partial charge in [-0.3, -0.25) is 14.8 Å². The van der Waals surface area contributed by atoms with Gasteiger partial charge >= 0.3 is 5.97 Å². The summed E-state index contributed by atoms with van der Waals surface area (Å²) in [6, 6.07) is 7.23. The van der Waals surface area contributed by atoms with Gasteiger partial charge in [-0.15, -0.1) is 0 Å². The number of H-pyrrole nitrogens is 1. The van der Waals surface area contributed by atoms with Crippen molar-refractivity contribution in [3.8, 4) is 5.75 Å². The number of aromatic nitrogens is 2. The van der Waals surface area contributed by atoms with E-state index in [0.29, 0.717) is 30.0 Å². The summed E-state index contributed by atoms with van der Waals surface area (Å²) in [5, 5.41) is 7.34. The maximum Gasteiger partial charge on any atom is 0.342 e. The van der Waals surface area contributed by atoms with Crippen LogP contribution in [0.15, 0.2) is 30.5 Å². The van der Waals surface area contributed by atoms with Gasteiger partial charge in [0.2, 0.25) is 0 Å². The lowest BCUT2D eigenvalue weighted by Crippen LogP contribution is -2.37. The number of aromatic amines is 1. The zero-order valence-corrected chi connectivity index (χ0v) is 22.1. The van der Waals surface area contributed by atoms with Crippen LogP contribution in [0.3, 0.4) is 0 Å². The molecule has 8 heteroatoms. The quantitative estimate of drug-likeness (QED) is 0.577. The van der Waals surface area contributed by atoms with E-state index in [1.165, 1.54) is 19.3 Å². The van der Waals surface area contributed by atoms with Crippen LogP contribution in [0.1, 0.15) is 74.3 Å². The van der Waals surface area contributed by atoms with Crippen molar-refractivity contribution in [1.29, 1.82) is 0 Å². The summed E-state index contributed by atoms with van der Waals surface area (Å²) < 4.78 is 11.4. The number of carbonyl (C=O) groups excluding carboxylic acids is 2. The molecule has 1 amide bonds. The average molecular weight is 495 g/mol. The molecule has 1 aromatic carbocycles. The van der Waals surface area contributed by atoms with Crippen molar-refractivity contribution in [1.82, 2.24) is 20.0 Å². The predicted molar refractivity (Wildman–Crippen MR) is 139 cm³/mol. The number of nitrogens with one attached hydrogen (secondary N) is 1. The lowest BCUT2D eigenvalue weighted by molar-refractivity contribution is -0.140. The van der Waals surface area contributed by atoms with Crippen LogP contribution in [-0.2, 0) is 14.9 Å². The minimum absolute atomic E-state index is 0.187. The Balaban J connectivity index is 1.51. The van der Waals surface area contributed by atoms with Gasteiger partial charge in [0, 0.05) is 35.8 Å². The molecule has 0 radical (unpaired) electrons. The van der Waals surface area contributed by atoms with Gasteiger partial charge in [0.1, 0.15) is 17.9 Å². The summed E-state index contributed by atoms with van der Waals surface area (Å²) in [5.41, 5.74) is 2.73. The zero-order chi connectivity index (χ0) is 25.9. The summed E-state index contributed by atoms with van der Waals surface area (Å²) in [6.45, 7) is 13.8. The molecule has 1 N–H and O–H groups in total. The third-order valence-electron chi connectivity index (χ3n) is 6.79. The first-order valence-electron chi connectivity index (χ1n) is 12.9. The highest BCUT2D eigenvalue weighted by Gasteiger charge is 2.37. The van der Waals surface area contributed by atoms with Gasteiger partial charge in [-0.1, -0.05) is 20.3 Å². The number of nitrogens with zero attached hydrogens (tertiary/aromatic N) is 3. The second-order valence-corrected chi connectivity index (χ2v) is 10.6. The molecule has 2 aromatic rings. The molecule has 36 heavy (non-hydrogen) atoms. The molecule has 4 rings (SSSR count). The summed E-state index contributed by atoms with van der Waals surface area (Å²) >= 11 is 0. The standard InChI is InChI=1S/C28H38N4O4/c1-19(2)36-27(34)23-17-32(18-28(4,5)24-20(3)29-30-25(23)24)26(33)21-9-11-22(12-10-21)35-16-15-31-13-7-6-8-14-31/h9-12,17,19H,6-8,13-16,18H2,1-5H3,(H,29,30). The van der Waals surface area contributed by atoms with Crippen LogP contribution in [0.5, 0.6) is 5.75 Å². The van der Waals surface area contributed by atoms with E-state index in [9.17, 15) is 9.59 Å². The number of rotatable bonds is 7. The van der Waals surface area contributed by atoms with Gasteiger partial charge in [-0.05, 0) is 71.0 Å². The summed E-state index contributed by atoms with van der Waals surface area (Å²) in [4.78, 5) is 30.6. The fourth-order valence-electron chi connectivity index (χ4n) is 5.12. The van der Waals surface area contributed by atoms with Crippen LogP contribution in [0.2, 0.25) is 0 Å². The van der Waals surface area contributed by atoms with Crippen LogP contribution < -0.4 is 4.74 Å². The largest absolute Gasteiger partial charge is 0.492 e. The molecule has 1 saturated heterocycles. The number of hydrogen-bond donors (Lipinski definition) is 1. The zero-order valence-electron chi connectivity index (χ0n) is 22.1. The second kappa shape index (κ2) is 10.9. The molecule has 1 aromatic heterocycles. The van der Waals surface area contributed by atoms with E-state index >= 15 is 0 Å². The van der Waals surface area contributed by atoms with E-state index in [-0.39, 0.29) is 12.0 Å². The highest BCUT2D eigenvalue weighted by Crippen LogP contribution is 2.37. The Morgan fingerprint density at radius 2 is 1.81 bits per heavy atom. The number of hydrogen-bond acceptors (Lipinski definition) is 6. The average Bonchev–Trinajstić information content (AvgIpc) is 3.18. The van der Waals surface area contributed by atoms with E-state index in [4.69, 9.17) is 9.47 Å². The number of ether oxygens (including phenoxy) is 2. The SMILES string of the molecule is Cc1n[nH]c2c1C(C)(C)CN(C(=O)c1ccc(OCCN3CCCCC3)cc1)C=C2C(=O)OC(C)C. The van der Waals surface area contributed by atoms with Gasteiger partial charge < -0.3 is 14.4 Å². The Morgan fingerprint density at radius 1 is 1.11 bits per heavy atom. The molecule has 0 saturated carbocycles. The van der Waals surface area contributed by atoms with E-state index in [1.807, 2.05) is 19.1 Å². The minimum Gasteiger partial charge on any atom is -0.492 e. The smallest absolute Gasteiger partial charge is 0.342 e. The van der Waals surface area contributed by atoms with Gasteiger partial charge in [0.15, 0.2) is 0 Å². The highest BCUT2D eigenvalue weighted by molar-refractivity contribution is 6.17. The summed E-state index contributed by atoms with van der Waals surface area (Å²) in [7, 11) is 0. The van der Waals surface area contributed by atoms with Gasteiger partial charge in [-0.2, -0.15) is 5.10 Å². The molecular weight excluding hydrogens is 456 g/mol. The van der Waals surface area contributed by atoms with Gasteiger partial charge in [-0.25, -0.2) is 4.79 Å². The molecule has 194 valence electrons. The molecule has 8 nitrogen and oxygen atoms in total. The van der Waals surface area contributed by atoms with Crippen molar-refractivity contribution in [2.45, 2.75) is 65.4 Å². The van der Waals surface area contributed by atoms with Crippen molar-refractivity contribution >= 4 is 17.4 Å². The molecule has 0 spiro atoms. The van der Waals surface area contributed by atoms with Crippen molar-refractivity contribution in [3.63, 3.8) is 0 Å². The number of fused-ring (bicyclic) bond motifs is 1. The molecule has 2 aliphatic rings. The van der Waals surface area contributed by atoms with E-state index in [0.717, 1.165) is 36.6 Å². The highest BCUT2D eigenvalue weighted by atomic mass is 16.5. The third-order valence-corrected chi connectivity index (χ3v) is 6.79. The molecule has 3 heterocycles. The number of esters is 1.